The lowest BCUT2D eigenvalue weighted by molar-refractivity contribution is 0.453. The summed E-state index contributed by atoms with van der Waals surface area (Å²) >= 11 is 1.61. The summed E-state index contributed by atoms with van der Waals surface area (Å²) in [5, 5.41) is 3.13. The highest BCUT2D eigenvalue weighted by atomic mass is 32.2. The van der Waals surface area contributed by atoms with Crippen LogP contribution in [0.4, 0.5) is 4.39 Å². The molecule has 0 aliphatic rings. The van der Waals surface area contributed by atoms with Crippen LogP contribution in [-0.2, 0) is 6.54 Å². The maximum Gasteiger partial charge on any atom is 0.140 e. The zero-order valence-corrected chi connectivity index (χ0v) is 12.5. The number of halogens is 1. The molecule has 0 heterocycles. The van der Waals surface area contributed by atoms with Crippen molar-refractivity contribution in [2.45, 2.75) is 18.4 Å². The van der Waals surface area contributed by atoms with E-state index >= 15 is 0 Å². The van der Waals surface area contributed by atoms with E-state index in [-0.39, 0.29) is 5.82 Å². The standard InChI is InChI=1S/C16H18FNOS/c1-3-18-11-12-13(17)7-6-9-14(12)19-15-8-4-5-10-16(15)20-2/h4-10,18H,3,11H2,1-2H3. The number of hydrogen-bond donors (Lipinski definition) is 1. The smallest absolute Gasteiger partial charge is 0.140 e. The van der Waals surface area contributed by atoms with Gasteiger partial charge in [-0.15, -0.1) is 11.8 Å². The third-order valence-electron chi connectivity index (χ3n) is 2.92. The molecule has 2 rings (SSSR count). The van der Waals surface area contributed by atoms with E-state index < -0.39 is 0 Å². The molecule has 0 aromatic heterocycles. The predicted molar refractivity (Wildman–Crippen MR) is 82.1 cm³/mol. The van der Waals surface area contributed by atoms with Crippen molar-refractivity contribution in [1.82, 2.24) is 5.32 Å². The van der Waals surface area contributed by atoms with Crippen molar-refractivity contribution < 1.29 is 9.13 Å². The summed E-state index contributed by atoms with van der Waals surface area (Å²) in [7, 11) is 0. The Hall–Kier alpha value is -1.52. The molecule has 0 aliphatic carbocycles. The van der Waals surface area contributed by atoms with Crippen LogP contribution in [0.25, 0.3) is 0 Å². The van der Waals surface area contributed by atoms with E-state index in [4.69, 9.17) is 4.74 Å². The lowest BCUT2D eigenvalue weighted by Crippen LogP contribution is -2.13. The van der Waals surface area contributed by atoms with Crippen LogP contribution in [0.15, 0.2) is 47.4 Å². The van der Waals surface area contributed by atoms with Crippen LogP contribution >= 0.6 is 11.8 Å². The van der Waals surface area contributed by atoms with E-state index in [0.717, 1.165) is 17.2 Å². The molecule has 20 heavy (non-hydrogen) atoms. The van der Waals surface area contributed by atoms with E-state index in [1.54, 1.807) is 23.9 Å². The first-order chi connectivity index (χ1) is 9.76. The summed E-state index contributed by atoms with van der Waals surface area (Å²) in [6, 6.07) is 12.7. The van der Waals surface area contributed by atoms with E-state index in [0.29, 0.717) is 17.9 Å². The van der Waals surface area contributed by atoms with E-state index in [9.17, 15) is 4.39 Å². The number of thioether (sulfide) groups is 1. The van der Waals surface area contributed by atoms with Crippen LogP contribution in [0.1, 0.15) is 12.5 Å². The van der Waals surface area contributed by atoms with E-state index in [1.165, 1.54) is 6.07 Å². The number of ether oxygens (including phenoxy) is 1. The van der Waals surface area contributed by atoms with E-state index in [2.05, 4.69) is 5.32 Å². The molecule has 2 aromatic carbocycles. The van der Waals surface area contributed by atoms with Gasteiger partial charge in [0.05, 0.1) is 0 Å². The van der Waals surface area contributed by atoms with Gasteiger partial charge in [0.1, 0.15) is 17.3 Å². The fourth-order valence-corrected chi connectivity index (χ4v) is 2.40. The molecule has 106 valence electrons. The molecular formula is C16H18FNOS. The zero-order chi connectivity index (χ0) is 14.4. The molecule has 0 atom stereocenters. The van der Waals surface area contributed by atoms with Crippen molar-refractivity contribution in [3.63, 3.8) is 0 Å². The van der Waals surface area contributed by atoms with Gasteiger partial charge in [0, 0.05) is 17.0 Å². The Balaban J connectivity index is 2.30. The first kappa shape index (κ1) is 14.9. The monoisotopic (exact) mass is 291 g/mol. The molecule has 0 saturated carbocycles. The Kier molecular flexibility index (Phi) is 5.44. The molecule has 0 amide bonds. The molecule has 0 radical (unpaired) electrons. The Labute approximate surface area is 123 Å². The number of rotatable bonds is 6. The van der Waals surface area contributed by atoms with E-state index in [1.807, 2.05) is 37.4 Å². The molecular weight excluding hydrogens is 273 g/mol. The Morgan fingerprint density at radius 2 is 1.85 bits per heavy atom. The lowest BCUT2D eigenvalue weighted by Gasteiger charge is -2.14. The third-order valence-corrected chi connectivity index (χ3v) is 3.69. The number of nitrogens with one attached hydrogen (secondary N) is 1. The molecule has 0 saturated heterocycles. The zero-order valence-electron chi connectivity index (χ0n) is 11.7. The van der Waals surface area contributed by atoms with Gasteiger partial charge in [-0.3, -0.25) is 0 Å². The van der Waals surface area contributed by atoms with Gasteiger partial charge in [-0.25, -0.2) is 4.39 Å². The molecule has 0 bridgehead atoms. The molecule has 4 heteroatoms. The highest BCUT2D eigenvalue weighted by Gasteiger charge is 2.11. The van der Waals surface area contributed by atoms with Crippen LogP contribution in [-0.4, -0.2) is 12.8 Å². The van der Waals surface area contributed by atoms with Crippen LogP contribution in [0.5, 0.6) is 11.5 Å². The van der Waals surface area contributed by atoms with Crippen molar-refractivity contribution in [3.05, 3.63) is 53.8 Å². The fourth-order valence-electron chi connectivity index (χ4n) is 1.88. The maximum absolute atomic E-state index is 13.9. The minimum absolute atomic E-state index is 0.245. The first-order valence-corrected chi connectivity index (χ1v) is 7.77. The second-order valence-corrected chi connectivity index (χ2v) is 5.10. The molecule has 1 N–H and O–H groups in total. The van der Waals surface area contributed by atoms with Gasteiger partial charge >= 0.3 is 0 Å². The molecule has 0 fully saturated rings. The van der Waals surface area contributed by atoms with Crippen LogP contribution in [0.3, 0.4) is 0 Å². The predicted octanol–water partition coefficient (Wildman–Crippen LogP) is 4.45. The van der Waals surface area contributed by atoms with Gasteiger partial charge < -0.3 is 10.1 Å². The highest BCUT2D eigenvalue weighted by molar-refractivity contribution is 7.98. The number of hydrogen-bond acceptors (Lipinski definition) is 3. The topological polar surface area (TPSA) is 21.3 Å². The minimum Gasteiger partial charge on any atom is -0.456 e. The summed E-state index contributed by atoms with van der Waals surface area (Å²) in [5.41, 5.74) is 0.560. The third kappa shape index (κ3) is 3.52. The summed E-state index contributed by atoms with van der Waals surface area (Å²) in [6.07, 6.45) is 1.99. The molecule has 0 spiro atoms. The molecule has 0 unspecified atom stereocenters. The van der Waals surface area contributed by atoms with Gasteiger partial charge in [0.2, 0.25) is 0 Å². The fraction of sp³-hybridized carbons (Fsp3) is 0.250. The van der Waals surface area contributed by atoms with Crippen LogP contribution in [0, 0.1) is 5.82 Å². The second-order valence-electron chi connectivity index (χ2n) is 4.25. The summed E-state index contributed by atoms with van der Waals surface area (Å²) in [4.78, 5) is 1.03. The van der Waals surface area contributed by atoms with Crippen molar-refractivity contribution in [2.24, 2.45) is 0 Å². The summed E-state index contributed by atoms with van der Waals surface area (Å²) in [6.45, 7) is 3.24. The van der Waals surface area contributed by atoms with Crippen molar-refractivity contribution in [3.8, 4) is 11.5 Å². The van der Waals surface area contributed by atoms with Crippen LogP contribution in [0.2, 0.25) is 0 Å². The number of benzene rings is 2. The van der Waals surface area contributed by atoms with Gasteiger partial charge in [0.25, 0.3) is 0 Å². The normalized spacial score (nSPS) is 10.6. The van der Waals surface area contributed by atoms with Crippen molar-refractivity contribution in [2.75, 3.05) is 12.8 Å². The molecule has 2 aromatic rings. The lowest BCUT2D eigenvalue weighted by atomic mass is 10.2. The SMILES string of the molecule is CCNCc1c(F)cccc1Oc1ccccc1SC. The summed E-state index contributed by atoms with van der Waals surface area (Å²) < 4.78 is 19.8. The molecule has 2 nitrogen and oxygen atoms in total. The first-order valence-electron chi connectivity index (χ1n) is 6.55. The Morgan fingerprint density at radius 3 is 2.60 bits per heavy atom. The molecule has 0 aliphatic heterocycles. The quantitative estimate of drug-likeness (QED) is 0.795. The van der Waals surface area contributed by atoms with Crippen molar-refractivity contribution >= 4 is 11.8 Å². The average molecular weight is 291 g/mol. The van der Waals surface area contributed by atoms with Gasteiger partial charge in [-0.2, -0.15) is 0 Å². The Bertz CT molecular complexity index is 574. The second kappa shape index (κ2) is 7.31. The van der Waals surface area contributed by atoms with Gasteiger partial charge in [-0.05, 0) is 37.1 Å². The van der Waals surface area contributed by atoms with Crippen LogP contribution < -0.4 is 10.1 Å². The largest absolute Gasteiger partial charge is 0.456 e. The minimum atomic E-state index is -0.245. The maximum atomic E-state index is 13.9. The highest BCUT2D eigenvalue weighted by Crippen LogP contribution is 2.33. The summed E-state index contributed by atoms with van der Waals surface area (Å²) in [5.74, 6) is 1.07. The average Bonchev–Trinajstić information content (AvgIpc) is 2.47. The van der Waals surface area contributed by atoms with Gasteiger partial charge in [-0.1, -0.05) is 25.1 Å². The number of para-hydroxylation sites is 1. The Morgan fingerprint density at radius 1 is 1.10 bits per heavy atom. The van der Waals surface area contributed by atoms with Crippen molar-refractivity contribution in [1.29, 1.82) is 0 Å². The van der Waals surface area contributed by atoms with Gasteiger partial charge in [0.15, 0.2) is 0 Å².